The minimum Gasteiger partial charge on any atom is -0.477 e. The van der Waals surface area contributed by atoms with E-state index in [9.17, 15) is 14.7 Å². The van der Waals surface area contributed by atoms with Crippen LogP contribution in [0.2, 0.25) is 0 Å². The Morgan fingerprint density at radius 3 is 2.74 bits per heavy atom. The van der Waals surface area contributed by atoms with Crippen molar-refractivity contribution in [3.63, 3.8) is 0 Å². The summed E-state index contributed by atoms with van der Waals surface area (Å²) in [5.41, 5.74) is 7.37. The Kier molecular flexibility index (Phi) is 3.59. The van der Waals surface area contributed by atoms with E-state index in [0.29, 0.717) is 24.2 Å². The van der Waals surface area contributed by atoms with E-state index >= 15 is 4.39 Å². The molecule has 3 N–H and O–H groups in total. The third-order valence-corrected chi connectivity index (χ3v) is 6.21. The summed E-state index contributed by atoms with van der Waals surface area (Å²) in [6, 6.07) is 1.68. The number of fused-ring (bicyclic) bond motifs is 5. The van der Waals surface area contributed by atoms with Crippen molar-refractivity contribution in [2.24, 2.45) is 5.73 Å². The second-order valence-electron chi connectivity index (χ2n) is 8.09. The summed E-state index contributed by atoms with van der Waals surface area (Å²) < 4.78 is 17.1. The number of hydrogen-bond acceptors (Lipinski definition) is 4. The lowest BCUT2D eigenvalue weighted by Crippen LogP contribution is -2.31. The number of halogens is 1. The smallest absolute Gasteiger partial charge is 0.341 e. The van der Waals surface area contributed by atoms with Gasteiger partial charge in [0.05, 0.1) is 11.2 Å². The molecule has 2 aromatic rings. The molecule has 2 aliphatic heterocycles. The monoisotopic (exact) mass is 371 g/mol. The summed E-state index contributed by atoms with van der Waals surface area (Å²) in [5.74, 6) is -1.71. The molecule has 0 spiro atoms. The van der Waals surface area contributed by atoms with E-state index in [1.54, 1.807) is 0 Å². The van der Waals surface area contributed by atoms with Gasteiger partial charge in [-0.3, -0.25) is 4.79 Å². The second-order valence-corrected chi connectivity index (χ2v) is 8.09. The third kappa shape index (κ3) is 2.48. The Morgan fingerprint density at radius 2 is 2.04 bits per heavy atom. The fourth-order valence-electron chi connectivity index (χ4n) is 4.91. The number of rotatable bonds is 2. The lowest BCUT2D eigenvalue weighted by Gasteiger charge is -2.27. The number of aromatic nitrogens is 1. The SMILES string of the molecule is N[C@H]1CC2CCCc3c(c(F)cc4c(=O)c(C(=O)O)cn(C5CC5)c34)N2C1. The van der Waals surface area contributed by atoms with Gasteiger partial charge in [-0.15, -0.1) is 0 Å². The molecule has 1 aliphatic carbocycles. The summed E-state index contributed by atoms with van der Waals surface area (Å²) in [7, 11) is 0. The van der Waals surface area contributed by atoms with Crippen molar-refractivity contribution in [3.8, 4) is 0 Å². The number of carboxylic acid groups (broad SMARTS) is 1. The molecule has 1 saturated heterocycles. The van der Waals surface area contributed by atoms with Crippen LogP contribution in [-0.4, -0.2) is 34.3 Å². The van der Waals surface area contributed by atoms with E-state index in [1.165, 1.54) is 12.3 Å². The van der Waals surface area contributed by atoms with Crippen LogP contribution in [0.1, 0.15) is 54.1 Å². The van der Waals surface area contributed by atoms with E-state index < -0.39 is 17.2 Å². The number of benzene rings is 1. The highest BCUT2D eigenvalue weighted by Gasteiger charge is 2.37. The standard InChI is InChI=1S/C20H22FN3O3/c21-16-7-14-17(24(11-4-5-11)9-15(19(14)25)20(26)27)13-3-1-2-12-6-10(22)8-23(12)18(13)16/h7,9-12H,1-6,8,22H2,(H,26,27)/t10-,12?/m0/s1. The van der Waals surface area contributed by atoms with Crippen molar-refractivity contribution in [1.82, 2.24) is 4.57 Å². The van der Waals surface area contributed by atoms with Crippen LogP contribution >= 0.6 is 0 Å². The molecule has 3 heterocycles. The molecule has 27 heavy (non-hydrogen) atoms. The molecule has 1 aromatic carbocycles. The predicted octanol–water partition coefficient (Wildman–Crippen LogP) is 2.42. The average Bonchev–Trinajstić information content (AvgIpc) is 3.40. The predicted molar refractivity (Wildman–Crippen MR) is 100 cm³/mol. The molecular weight excluding hydrogens is 349 g/mol. The second kappa shape index (κ2) is 5.79. The molecule has 7 heteroatoms. The summed E-state index contributed by atoms with van der Waals surface area (Å²) in [6.07, 6.45) is 6.74. The van der Waals surface area contributed by atoms with E-state index in [0.717, 1.165) is 37.7 Å². The molecule has 6 nitrogen and oxygen atoms in total. The lowest BCUT2D eigenvalue weighted by atomic mass is 9.99. The molecule has 3 aliphatic rings. The topological polar surface area (TPSA) is 88.6 Å². The first-order valence-electron chi connectivity index (χ1n) is 9.61. The van der Waals surface area contributed by atoms with Crippen LogP contribution in [0.3, 0.4) is 0 Å². The number of aryl methyl sites for hydroxylation is 1. The molecule has 0 bridgehead atoms. The van der Waals surface area contributed by atoms with Gasteiger partial charge in [0.15, 0.2) is 0 Å². The van der Waals surface area contributed by atoms with Crippen LogP contribution in [-0.2, 0) is 6.42 Å². The maximum atomic E-state index is 15.2. The fraction of sp³-hybridized carbons (Fsp3) is 0.500. The maximum absolute atomic E-state index is 15.2. The Morgan fingerprint density at radius 1 is 1.26 bits per heavy atom. The molecule has 1 saturated carbocycles. The normalized spacial score (nSPS) is 24.6. The van der Waals surface area contributed by atoms with Crippen LogP contribution in [0.25, 0.3) is 10.9 Å². The highest BCUT2D eigenvalue weighted by molar-refractivity contribution is 5.95. The maximum Gasteiger partial charge on any atom is 0.341 e. The largest absolute Gasteiger partial charge is 0.477 e. The number of aromatic carboxylic acids is 1. The minimum atomic E-state index is -1.27. The summed E-state index contributed by atoms with van der Waals surface area (Å²) in [4.78, 5) is 26.4. The summed E-state index contributed by atoms with van der Waals surface area (Å²) >= 11 is 0. The van der Waals surface area contributed by atoms with Crippen molar-refractivity contribution in [2.45, 2.75) is 56.7 Å². The van der Waals surface area contributed by atoms with Gasteiger partial charge >= 0.3 is 5.97 Å². The molecule has 0 amide bonds. The first-order chi connectivity index (χ1) is 13.0. The highest BCUT2D eigenvalue weighted by atomic mass is 19.1. The number of nitrogens with zero attached hydrogens (tertiary/aromatic N) is 2. The van der Waals surface area contributed by atoms with Crippen molar-refractivity contribution >= 4 is 22.6 Å². The van der Waals surface area contributed by atoms with Gasteiger partial charge in [-0.2, -0.15) is 0 Å². The van der Waals surface area contributed by atoms with Gasteiger partial charge in [0, 0.05) is 41.8 Å². The molecule has 0 radical (unpaired) electrons. The van der Waals surface area contributed by atoms with Gasteiger partial charge in [-0.1, -0.05) is 0 Å². The van der Waals surface area contributed by atoms with Gasteiger partial charge in [0.1, 0.15) is 11.4 Å². The molecule has 1 unspecified atom stereocenters. The van der Waals surface area contributed by atoms with Gasteiger partial charge in [0.25, 0.3) is 0 Å². The van der Waals surface area contributed by atoms with Crippen LogP contribution < -0.4 is 16.1 Å². The van der Waals surface area contributed by atoms with Gasteiger partial charge < -0.3 is 20.3 Å². The highest BCUT2D eigenvalue weighted by Crippen LogP contribution is 2.43. The van der Waals surface area contributed by atoms with Gasteiger partial charge in [0.2, 0.25) is 5.43 Å². The third-order valence-electron chi connectivity index (χ3n) is 6.21. The Labute approximate surface area is 155 Å². The molecule has 142 valence electrons. The minimum absolute atomic E-state index is 0.0241. The number of nitrogens with two attached hydrogens (primary N) is 1. The van der Waals surface area contributed by atoms with E-state index in [-0.39, 0.29) is 29.1 Å². The molecule has 2 fully saturated rings. The zero-order chi connectivity index (χ0) is 18.9. The van der Waals surface area contributed by atoms with E-state index in [2.05, 4.69) is 4.90 Å². The summed E-state index contributed by atoms with van der Waals surface area (Å²) in [5, 5.41) is 9.61. The average molecular weight is 371 g/mol. The molecule has 2 atom stereocenters. The van der Waals surface area contributed by atoms with Crippen LogP contribution in [0.4, 0.5) is 10.1 Å². The Bertz CT molecular complexity index is 1030. The van der Waals surface area contributed by atoms with Crippen LogP contribution in [0.5, 0.6) is 0 Å². The fourth-order valence-corrected chi connectivity index (χ4v) is 4.91. The quantitative estimate of drug-likeness (QED) is 0.846. The number of pyridine rings is 1. The summed E-state index contributed by atoms with van der Waals surface area (Å²) in [6.45, 7) is 0.612. The zero-order valence-electron chi connectivity index (χ0n) is 14.9. The van der Waals surface area contributed by atoms with E-state index in [4.69, 9.17) is 5.73 Å². The number of carboxylic acids is 1. The van der Waals surface area contributed by atoms with E-state index in [1.807, 2.05) is 4.57 Å². The molecule has 5 rings (SSSR count). The Hall–Kier alpha value is -2.41. The Balaban J connectivity index is 1.85. The van der Waals surface area contributed by atoms with Gasteiger partial charge in [-0.05, 0) is 44.6 Å². The van der Waals surface area contributed by atoms with Crippen LogP contribution in [0.15, 0.2) is 17.1 Å². The van der Waals surface area contributed by atoms with Crippen LogP contribution in [0, 0.1) is 5.82 Å². The first kappa shape index (κ1) is 16.7. The van der Waals surface area contributed by atoms with Crippen molar-refractivity contribution < 1.29 is 14.3 Å². The zero-order valence-corrected chi connectivity index (χ0v) is 14.9. The van der Waals surface area contributed by atoms with Gasteiger partial charge in [-0.25, -0.2) is 9.18 Å². The van der Waals surface area contributed by atoms with Crippen molar-refractivity contribution in [1.29, 1.82) is 0 Å². The van der Waals surface area contributed by atoms with Crippen molar-refractivity contribution in [2.75, 3.05) is 11.4 Å². The number of hydrogen-bond donors (Lipinski definition) is 2. The van der Waals surface area contributed by atoms with Crippen molar-refractivity contribution in [3.05, 3.63) is 39.4 Å². The number of carbonyl (C=O) groups is 1. The number of anilines is 1. The lowest BCUT2D eigenvalue weighted by molar-refractivity contribution is 0.0695. The molecule has 1 aromatic heterocycles. The first-order valence-corrected chi connectivity index (χ1v) is 9.61. The molecular formula is C20H22FN3O3.